The minimum atomic E-state index is -4.65. The molecule has 0 saturated carbocycles. The number of hydrogen-bond acceptors (Lipinski definition) is 5. The zero-order chi connectivity index (χ0) is 21.3. The van der Waals surface area contributed by atoms with Gasteiger partial charge in [0, 0.05) is 17.7 Å². The van der Waals surface area contributed by atoms with Crippen molar-refractivity contribution in [3.8, 4) is 17.1 Å². The molecule has 0 bridgehead atoms. The molecule has 0 atom stereocenters. The zero-order valence-corrected chi connectivity index (χ0v) is 15.5. The number of aromatic hydroxyl groups is 1. The van der Waals surface area contributed by atoms with Crippen LogP contribution in [-0.4, -0.2) is 21.2 Å². The van der Waals surface area contributed by atoms with Crippen molar-refractivity contribution in [3.05, 3.63) is 63.2 Å². The van der Waals surface area contributed by atoms with Gasteiger partial charge in [0.15, 0.2) is 5.75 Å². The molecule has 3 aromatic rings. The predicted molar refractivity (Wildman–Crippen MR) is 94.0 cm³/mol. The molecule has 0 spiro atoms. The molecule has 0 aliphatic rings. The number of rotatable bonds is 4. The van der Waals surface area contributed by atoms with Crippen LogP contribution in [0.4, 0.5) is 17.6 Å². The molecule has 1 heterocycles. The molecule has 1 amide bonds. The average molecular weight is 450 g/mol. The van der Waals surface area contributed by atoms with E-state index in [1.807, 2.05) is 0 Å². The highest BCUT2D eigenvalue weighted by molar-refractivity contribution is 6.37. The van der Waals surface area contributed by atoms with Gasteiger partial charge in [-0.15, -0.1) is 0 Å². The second-order valence-electron chi connectivity index (χ2n) is 5.70. The molecule has 0 unspecified atom stereocenters. The maximum Gasteiger partial charge on any atom is 0.416 e. The molecule has 2 aromatic carbocycles. The Kier molecular flexibility index (Phi) is 5.67. The number of phenols is 1. The van der Waals surface area contributed by atoms with Gasteiger partial charge in [-0.2, -0.15) is 18.2 Å². The molecular weight excluding hydrogens is 441 g/mol. The molecule has 29 heavy (non-hydrogen) atoms. The summed E-state index contributed by atoms with van der Waals surface area (Å²) in [4.78, 5) is 15.9. The standard InChI is InChI=1S/C17H9Cl2F4N3O3/c18-10-4-7(5-11(19)13(10)27)14-25-16(29-26-14)15(28)24-6-8-3-9(17(21,22)23)1-2-12(8)20/h1-5,27H,6H2,(H,24,28). The van der Waals surface area contributed by atoms with Crippen molar-refractivity contribution >= 4 is 29.1 Å². The third-order valence-electron chi connectivity index (χ3n) is 3.71. The van der Waals surface area contributed by atoms with E-state index in [-0.39, 0.29) is 32.7 Å². The first-order chi connectivity index (χ1) is 13.6. The van der Waals surface area contributed by atoms with Crippen LogP contribution in [0.2, 0.25) is 10.0 Å². The second kappa shape index (κ2) is 7.88. The summed E-state index contributed by atoms with van der Waals surface area (Å²) in [6.07, 6.45) is -4.65. The number of phenolic OH excluding ortho intramolecular Hbond substituents is 1. The number of alkyl halides is 3. The van der Waals surface area contributed by atoms with Crippen molar-refractivity contribution in [2.75, 3.05) is 0 Å². The van der Waals surface area contributed by atoms with Gasteiger partial charge >= 0.3 is 18.0 Å². The monoisotopic (exact) mass is 449 g/mol. The van der Waals surface area contributed by atoms with Gasteiger partial charge in [-0.05, 0) is 30.3 Å². The van der Waals surface area contributed by atoms with Crippen LogP contribution < -0.4 is 5.32 Å². The predicted octanol–water partition coefficient (Wildman–Crippen LogP) is 4.84. The van der Waals surface area contributed by atoms with Gasteiger partial charge in [0.1, 0.15) is 5.82 Å². The summed E-state index contributed by atoms with van der Waals surface area (Å²) >= 11 is 11.6. The number of carbonyl (C=O) groups is 1. The smallest absolute Gasteiger partial charge is 0.416 e. The first-order valence-electron chi connectivity index (χ1n) is 7.72. The van der Waals surface area contributed by atoms with Crippen molar-refractivity contribution in [1.29, 1.82) is 0 Å². The SMILES string of the molecule is O=C(NCc1cc(C(F)(F)F)ccc1F)c1nc(-c2cc(Cl)c(O)c(Cl)c2)no1. The second-order valence-corrected chi connectivity index (χ2v) is 6.51. The number of nitrogens with zero attached hydrogens (tertiary/aromatic N) is 2. The Bertz CT molecular complexity index is 1060. The maximum absolute atomic E-state index is 13.7. The minimum absolute atomic E-state index is 0.0794. The molecule has 152 valence electrons. The number of amides is 1. The van der Waals surface area contributed by atoms with Gasteiger partial charge < -0.3 is 14.9 Å². The van der Waals surface area contributed by atoms with Crippen molar-refractivity contribution in [1.82, 2.24) is 15.5 Å². The van der Waals surface area contributed by atoms with Crippen LogP contribution in [0.5, 0.6) is 5.75 Å². The van der Waals surface area contributed by atoms with Crippen molar-refractivity contribution in [3.63, 3.8) is 0 Å². The first kappa shape index (κ1) is 20.9. The quantitative estimate of drug-likeness (QED) is 0.556. The van der Waals surface area contributed by atoms with E-state index in [2.05, 4.69) is 15.5 Å². The van der Waals surface area contributed by atoms with E-state index in [0.29, 0.717) is 18.2 Å². The van der Waals surface area contributed by atoms with E-state index in [1.54, 1.807) is 0 Å². The fourth-order valence-corrected chi connectivity index (χ4v) is 2.75. The largest absolute Gasteiger partial charge is 0.505 e. The molecule has 12 heteroatoms. The highest BCUT2D eigenvalue weighted by Crippen LogP contribution is 2.35. The molecule has 0 radical (unpaired) electrons. The van der Waals surface area contributed by atoms with Crippen LogP contribution in [-0.2, 0) is 12.7 Å². The molecule has 0 aliphatic heterocycles. The molecule has 0 saturated heterocycles. The van der Waals surface area contributed by atoms with Crippen LogP contribution in [0.25, 0.3) is 11.4 Å². The van der Waals surface area contributed by atoms with E-state index in [0.717, 1.165) is 0 Å². The Labute approximate surface area is 170 Å². The Morgan fingerprint density at radius 2 is 1.83 bits per heavy atom. The van der Waals surface area contributed by atoms with Crippen molar-refractivity contribution in [2.24, 2.45) is 0 Å². The Morgan fingerprint density at radius 1 is 1.17 bits per heavy atom. The molecule has 0 aliphatic carbocycles. The highest BCUT2D eigenvalue weighted by Gasteiger charge is 2.31. The third-order valence-corrected chi connectivity index (χ3v) is 4.28. The molecule has 1 aromatic heterocycles. The van der Waals surface area contributed by atoms with E-state index in [9.17, 15) is 27.5 Å². The number of carbonyl (C=O) groups excluding carboxylic acids is 1. The summed E-state index contributed by atoms with van der Waals surface area (Å²) in [6, 6.07) is 4.42. The van der Waals surface area contributed by atoms with Gasteiger partial charge in [-0.25, -0.2) is 4.39 Å². The van der Waals surface area contributed by atoms with Crippen LogP contribution in [0.15, 0.2) is 34.9 Å². The lowest BCUT2D eigenvalue weighted by atomic mass is 10.1. The summed E-state index contributed by atoms with van der Waals surface area (Å²) in [5.41, 5.74) is -1.18. The summed E-state index contributed by atoms with van der Waals surface area (Å²) in [7, 11) is 0. The first-order valence-corrected chi connectivity index (χ1v) is 8.47. The zero-order valence-electron chi connectivity index (χ0n) is 14.0. The summed E-state index contributed by atoms with van der Waals surface area (Å²) in [6.45, 7) is -0.539. The number of hydrogen-bond donors (Lipinski definition) is 2. The number of nitrogens with one attached hydrogen (secondary N) is 1. The normalized spacial score (nSPS) is 11.5. The van der Waals surface area contributed by atoms with Gasteiger partial charge in [-0.3, -0.25) is 4.79 Å². The van der Waals surface area contributed by atoms with Gasteiger partial charge in [0.2, 0.25) is 5.82 Å². The lowest BCUT2D eigenvalue weighted by molar-refractivity contribution is -0.137. The van der Waals surface area contributed by atoms with Crippen molar-refractivity contribution in [2.45, 2.75) is 12.7 Å². The fraction of sp³-hybridized carbons (Fsp3) is 0.118. The fourth-order valence-electron chi connectivity index (χ4n) is 2.27. The van der Waals surface area contributed by atoms with E-state index in [4.69, 9.17) is 27.7 Å². The highest BCUT2D eigenvalue weighted by atomic mass is 35.5. The van der Waals surface area contributed by atoms with Crippen LogP contribution in [0.3, 0.4) is 0 Å². The topological polar surface area (TPSA) is 88.2 Å². The molecular formula is C17H9Cl2F4N3O3. The number of aromatic nitrogens is 2. The van der Waals surface area contributed by atoms with Gasteiger partial charge in [0.25, 0.3) is 0 Å². The summed E-state index contributed by atoms with van der Waals surface area (Å²) in [5, 5.41) is 15.2. The average Bonchev–Trinajstić information content (AvgIpc) is 3.14. The molecule has 0 fully saturated rings. The molecule has 6 nitrogen and oxygen atoms in total. The summed E-state index contributed by atoms with van der Waals surface area (Å²) < 4.78 is 56.7. The van der Waals surface area contributed by atoms with Gasteiger partial charge in [0.05, 0.1) is 15.6 Å². The molecule has 2 N–H and O–H groups in total. The molecule has 3 rings (SSSR count). The minimum Gasteiger partial charge on any atom is -0.505 e. The maximum atomic E-state index is 13.7. The van der Waals surface area contributed by atoms with E-state index < -0.39 is 35.9 Å². The third kappa shape index (κ3) is 4.60. The summed E-state index contributed by atoms with van der Waals surface area (Å²) in [5.74, 6) is -2.80. The number of halogens is 6. The Hall–Kier alpha value is -2.85. The Morgan fingerprint density at radius 3 is 2.45 bits per heavy atom. The van der Waals surface area contributed by atoms with Crippen molar-refractivity contribution < 1.29 is 32.0 Å². The van der Waals surface area contributed by atoms with Gasteiger partial charge in [-0.1, -0.05) is 28.4 Å². The van der Waals surface area contributed by atoms with Crippen LogP contribution >= 0.6 is 23.2 Å². The van der Waals surface area contributed by atoms with Crippen LogP contribution in [0, 0.1) is 5.82 Å². The van der Waals surface area contributed by atoms with E-state index >= 15 is 0 Å². The van der Waals surface area contributed by atoms with E-state index in [1.165, 1.54) is 12.1 Å². The number of benzene rings is 2. The Balaban J connectivity index is 1.75. The lowest BCUT2D eigenvalue weighted by Gasteiger charge is -2.10. The van der Waals surface area contributed by atoms with Crippen LogP contribution in [0.1, 0.15) is 21.8 Å². The lowest BCUT2D eigenvalue weighted by Crippen LogP contribution is -2.24.